The fourth-order valence-corrected chi connectivity index (χ4v) is 2.56. The minimum Gasteiger partial charge on any atom is -0.455 e. The highest BCUT2D eigenvalue weighted by molar-refractivity contribution is 5.92. The van der Waals surface area contributed by atoms with Crippen molar-refractivity contribution in [3.63, 3.8) is 0 Å². The first-order chi connectivity index (χ1) is 13.4. The Morgan fingerprint density at radius 2 is 1.71 bits per heavy atom. The average molecular weight is 396 g/mol. The number of ether oxygens (including phenoxy) is 1. The Hall–Kier alpha value is -2.58. The van der Waals surface area contributed by atoms with Crippen LogP contribution in [0.25, 0.3) is 0 Å². The van der Waals surface area contributed by atoms with Gasteiger partial charge in [0.1, 0.15) is 5.75 Å². The lowest BCUT2D eigenvalue weighted by atomic mass is 10.2. The maximum Gasteiger partial charge on any atom is 0.401 e. The largest absolute Gasteiger partial charge is 0.455 e. The fourth-order valence-electron chi connectivity index (χ4n) is 2.56. The molecule has 152 valence electrons. The first-order valence-electron chi connectivity index (χ1n) is 8.89. The Balaban J connectivity index is 1.94. The Morgan fingerprint density at radius 1 is 1.04 bits per heavy atom. The summed E-state index contributed by atoms with van der Waals surface area (Å²) in [7, 11) is 0. The lowest BCUT2D eigenvalue weighted by Gasteiger charge is -2.23. The van der Waals surface area contributed by atoms with E-state index in [1.165, 1.54) is 0 Å². The second-order valence-corrected chi connectivity index (χ2v) is 6.18. The van der Waals surface area contributed by atoms with Gasteiger partial charge in [-0.05, 0) is 30.7 Å². The van der Waals surface area contributed by atoms with Gasteiger partial charge in [-0.1, -0.05) is 30.3 Å². The molecule has 2 aromatic carbocycles. The van der Waals surface area contributed by atoms with Gasteiger partial charge in [-0.15, -0.1) is 0 Å². The topological polar surface area (TPSA) is 61.8 Å². The third-order valence-electron chi connectivity index (χ3n) is 3.82. The molecule has 2 N–H and O–H groups in total. The Labute approximate surface area is 161 Å². The van der Waals surface area contributed by atoms with E-state index < -0.39 is 18.6 Å². The number of para-hydroxylation sites is 3. The molecule has 0 saturated heterocycles. The molecule has 28 heavy (non-hydrogen) atoms. The number of hydrogen-bond donors (Lipinski definition) is 2. The van der Waals surface area contributed by atoms with Gasteiger partial charge in [-0.25, -0.2) is 0 Å². The number of carbonyl (C=O) groups is 1. The summed E-state index contributed by atoms with van der Waals surface area (Å²) >= 11 is 0. The molecule has 0 saturated carbocycles. The molecule has 0 atom stereocenters. The van der Waals surface area contributed by atoms with E-state index in [2.05, 4.69) is 5.32 Å². The van der Waals surface area contributed by atoms with Gasteiger partial charge in [0.2, 0.25) is 5.91 Å². The number of carbonyl (C=O) groups excluding carboxylic acids is 1. The Bertz CT molecular complexity index is 739. The number of rotatable bonds is 10. The molecule has 0 spiro atoms. The molecular formula is C20H23F3N2O3. The number of hydrogen-bond acceptors (Lipinski definition) is 4. The lowest BCUT2D eigenvalue weighted by Crippen LogP contribution is -2.37. The van der Waals surface area contributed by atoms with Gasteiger partial charge >= 0.3 is 6.18 Å². The van der Waals surface area contributed by atoms with Gasteiger partial charge in [0.25, 0.3) is 0 Å². The predicted molar refractivity (Wildman–Crippen MR) is 100 cm³/mol. The average Bonchev–Trinajstić information content (AvgIpc) is 2.65. The van der Waals surface area contributed by atoms with E-state index in [0.29, 0.717) is 17.2 Å². The normalized spacial score (nSPS) is 11.5. The number of halogens is 3. The highest BCUT2D eigenvalue weighted by atomic mass is 19.4. The van der Waals surface area contributed by atoms with Crippen LogP contribution in [-0.2, 0) is 4.79 Å². The van der Waals surface area contributed by atoms with Crippen LogP contribution in [0.15, 0.2) is 54.6 Å². The van der Waals surface area contributed by atoms with Crippen molar-refractivity contribution < 1.29 is 27.8 Å². The van der Waals surface area contributed by atoms with Crippen LogP contribution in [0, 0.1) is 0 Å². The molecule has 0 radical (unpaired) electrons. The van der Waals surface area contributed by atoms with Crippen LogP contribution in [0.5, 0.6) is 11.5 Å². The maximum atomic E-state index is 12.6. The molecular weight excluding hydrogens is 373 g/mol. The van der Waals surface area contributed by atoms with E-state index in [1.807, 2.05) is 18.2 Å². The zero-order valence-electron chi connectivity index (χ0n) is 15.3. The molecule has 1 amide bonds. The van der Waals surface area contributed by atoms with Gasteiger partial charge in [0.05, 0.1) is 12.2 Å². The van der Waals surface area contributed by atoms with Crippen LogP contribution in [0.1, 0.15) is 12.8 Å². The SMILES string of the molecule is O=C(CCN(CCCO)CC(F)(F)F)Nc1ccccc1Oc1ccccc1. The minimum absolute atomic E-state index is 0.0624. The van der Waals surface area contributed by atoms with E-state index in [4.69, 9.17) is 9.84 Å². The van der Waals surface area contributed by atoms with Crippen molar-refractivity contribution in [1.82, 2.24) is 4.90 Å². The summed E-state index contributed by atoms with van der Waals surface area (Å²) in [5.74, 6) is 0.624. The van der Waals surface area contributed by atoms with Crippen molar-refractivity contribution >= 4 is 11.6 Å². The molecule has 0 aliphatic rings. The van der Waals surface area contributed by atoms with Crippen LogP contribution in [0.2, 0.25) is 0 Å². The zero-order valence-corrected chi connectivity index (χ0v) is 15.3. The number of aliphatic hydroxyl groups excluding tert-OH is 1. The van der Waals surface area contributed by atoms with Crippen LogP contribution < -0.4 is 10.1 Å². The second-order valence-electron chi connectivity index (χ2n) is 6.18. The summed E-state index contributed by atoms with van der Waals surface area (Å²) in [6, 6.07) is 15.9. The van der Waals surface area contributed by atoms with E-state index >= 15 is 0 Å². The molecule has 0 heterocycles. The molecule has 0 fully saturated rings. The lowest BCUT2D eigenvalue weighted by molar-refractivity contribution is -0.147. The molecule has 5 nitrogen and oxygen atoms in total. The van der Waals surface area contributed by atoms with Crippen molar-refractivity contribution in [3.8, 4) is 11.5 Å². The highest BCUT2D eigenvalue weighted by Crippen LogP contribution is 2.29. The number of aliphatic hydroxyl groups is 1. The summed E-state index contributed by atoms with van der Waals surface area (Å²) in [4.78, 5) is 13.4. The first-order valence-corrected chi connectivity index (χ1v) is 8.89. The van der Waals surface area contributed by atoms with Crippen LogP contribution in [0.4, 0.5) is 18.9 Å². The van der Waals surface area contributed by atoms with E-state index in [0.717, 1.165) is 4.90 Å². The molecule has 0 aliphatic heterocycles. The third-order valence-corrected chi connectivity index (χ3v) is 3.82. The quantitative estimate of drug-likeness (QED) is 0.636. The summed E-state index contributed by atoms with van der Waals surface area (Å²) in [5, 5.41) is 11.5. The smallest absolute Gasteiger partial charge is 0.401 e. The van der Waals surface area contributed by atoms with Crippen molar-refractivity contribution in [1.29, 1.82) is 0 Å². The van der Waals surface area contributed by atoms with Gasteiger partial charge in [0, 0.05) is 26.1 Å². The number of nitrogens with one attached hydrogen (secondary N) is 1. The van der Waals surface area contributed by atoms with Crippen molar-refractivity contribution in [3.05, 3.63) is 54.6 Å². The standard InChI is InChI=1S/C20H23F3N2O3/c21-20(22,23)15-25(12-6-14-26)13-11-19(27)24-17-9-4-5-10-18(17)28-16-7-2-1-3-8-16/h1-5,7-10,26H,6,11-15H2,(H,24,27). The fraction of sp³-hybridized carbons (Fsp3) is 0.350. The van der Waals surface area contributed by atoms with E-state index in [1.54, 1.807) is 36.4 Å². The van der Waals surface area contributed by atoms with Crippen LogP contribution >= 0.6 is 0 Å². The van der Waals surface area contributed by atoms with Gasteiger partial charge < -0.3 is 15.2 Å². The Kier molecular flexibility index (Phi) is 8.28. The van der Waals surface area contributed by atoms with E-state index in [-0.39, 0.29) is 32.5 Å². The minimum atomic E-state index is -4.36. The second kappa shape index (κ2) is 10.7. The van der Waals surface area contributed by atoms with E-state index in [9.17, 15) is 18.0 Å². The first kappa shape index (κ1) is 21.7. The third kappa shape index (κ3) is 7.98. The molecule has 0 aromatic heterocycles. The maximum absolute atomic E-state index is 12.6. The van der Waals surface area contributed by atoms with Gasteiger partial charge in [-0.2, -0.15) is 13.2 Å². The van der Waals surface area contributed by atoms with Crippen molar-refractivity contribution in [2.45, 2.75) is 19.0 Å². The molecule has 0 bridgehead atoms. The number of anilines is 1. The summed E-state index contributed by atoms with van der Waals surface area (Å²) in [5.41, 5.74) is 0.439. The predicted octanol–water partition coefficient (Wildman–Crippen LogP) is 4.05. The number of alkyl halides is 3. The monoisotopic (exact) mass is 396 g/mol. The Morgan fingerprint density at radius 3 is 2.39 bits per heavy atom. The van der Waals surface area contributed by atoms with Crippen molar-refractivity contribution in [2.75, 3.05) is 31.6 Å². The summed E-state index contributed by atoms with van der Waals surface area (Å²) in [6.45, 7) is -1.32. The molecule has 0 unspecified atom stereocenters. The number of amides is 1. The summed E-state index contributed by atoms with van der Waals surface area (Å²) < 4.78 is 43.7. The van der Waals surface area contributed by atoms with Crippen molar-refractivity contribution in [2.24, 2.45) is 0 Å². The summed E-state index contributed by atoms with van der Waals surface area (Å²) in [6.07, 6.45) is -4.26. The highest BCUT2D eigenvalue weighted by Gasteiger charge is 2.30. The van der Waals surface area contributed by atoms with Gasteiger partial charge in [0.15, 0.2) is 5.75 Å². The number of benzene rings is 2. The van der Waals surface area contributed by atoms with Gasteiger partial charge in [-0.3, -0.25) is 9.69 Å². The zero-order chi connectivity index (χ0) is 20.4. The molecule has 2 rings (SSSR count). The molecule has 2 aromatic rings. The molecule has 0 aliphatic carbocycles. The molecule has 8 heteroatoms. The van der Waals surface area contributed by atoms with Crippen LogP contribution in [-0.4, -0.2) is 48.3 Å². The van der Waals surface area contributed by atoms with Crippen LogP contribution in [0.3, 0.4) is 0 Å². The number of nitrogens with zero attached hydrogens (tertiary/aromatic N) is 1.